The van der Waals surface area contributed by atoms with Crippen LogP contribution in [0.1, 0.15) is 59.3 Å². The Bertz CT molecular complexity index is 514. The van der Waals surface area contributed by atoms with Gasteiger partial charge < -0.3 is 15.6 Å². The molecule has 1 rings (SSSR count). The van der Waals surface area contributed by atoms with Gasteiger partial charge in [-0.15, -0.1) is 0 Å². The minimum atomic E-state index is -1.74. The van der Waals surface area contributed by atoms with Crippen LogP contribution in [-0.4, -0.2) is 70.0 Å². The molecule has 2 unspecified atom stereocenters. The van der Waals surface area contributed by atoms with Gasteiger partial charge in [0.1, 0.15) is 6.04 Å². The number of ether oxygens (including phenoxy) is 1. The van der Waals surface area contributed by atoms with Crippen LogP contribution in [-0.2, 0) is 19.1 Å². The molecule has 8 heteroatoms. The maximum absolute atomic E-state index is 12.7. The molecule has 7 nitrogen and oxygen atoms in total. The second-order valence-electron chi connectivity index (χ2n) is 7.02. The number of nitrogens with zero attached hydrogens (tertiary/aromatic N) is 1. The zero-order valence-electron chi connectivity index (χ0n) is 16.7. The minimum absolute atomic E-state index is 0.166. The van der Waals surface area contributed by atoms with E-state index in [-0.39, 0.29) is 13.0 Å². The lowest BCUT2D eigenvalue weighted by molar-refractivity contribution is -0.162. The van der Waals surface area contributed by atoms with E-state index in [0.717, 1.165) is 25.0 Å². The second kappa shape index (κ2) is 11.7. The number of likely N-dealkylation sites (tertiary alicyclic amines) is 1. The van der Waals surface area contributed by atoms with Crippen LogP contribution in [0.5, 0.6) is 0 Å². The standard InChI is InChI=1S/C19H34N2O5S/c1-4-6-7-8-12-27-13-15(17(23)26-5-2)21-11-9-10-19(21,18(24)25)16(22)14(3)20/h14-15H,4-13,20H2,1-3H3,(H,24,25)/t14?,15-,19?/m0/s1. The quantitative estimate of drug-likeness (QED) is 0.274. The van der Waals surface area contributed by atoms with Crippen molar-refractivity contribution >= 4 is 29.5 Å². The molecule has 3 atom stereocenters. The maximum atomic E-state index is 12.7. The summed E-state index contributed by atoms with van der Waals surface area (Å²) in [6.45, 7) is 5.94. The molecule has 0 bridgehead atoms. The van der Waals surface area contributed by atoms with E-state index >= 15 is 0 Å². The van der Waals surface area contributed by atoms with Crippen LogP contribution in [0.15, 0.2) is 0 Å². The number of Topliss-reactive ketones (excluding diaryl/α,β-unsaturated/α-hetero) is 1. The lowest BCUT2D eigenvalue weighted by Crippen LogP contribution is -2.65. The highest BCUT2D eigenvalue weighted by molar-refractivity contribution is 7.99. The summed E-state index contributed by atoms with van der Waals surface area (Å²) in [5, 5.41) is 9.91. The first kappa shape index (κ1) is 23.9. The van der Waals surface area contributed by atoms with E-state index in [1.54, 1.807) is 18.7 Å². The van der Waals surface area contributed by atoms with Crippen LogP contribution in [0.25, 0.3) is 0 Å². The zero-order valence-corrected chi connectivity index (χ0v) is 17.6. The Balaban J connectivity index is 2.98. The molecule has 156 valence electrons. The van der Waals surface area contributed by atoms with E-state index in [4.69, 9.17) is 10.5 Å². The van der Waals surface area contributed by atoms with Gasteiger partial charge in [-0.25, -0.2) is 4.79 Å². The number of unbranched alkanes of at least 4 members (excludes halogenated alkanes) is 3. The van der Waals surface area contributed by atoms with Gasteiger partial charge in [-0.3, -0.25) is 14.5 Å². The van der Waals surface area contributed by atoms with Crippen molar-refractivity contribution in [3.63, 3.8) is 0 Å². The highest BCUT2D eigenvalue weighted by Crippen LogP contribution is 2.35. The number of carboxylic acids is 1. The highest BCUT2D eigenvalue weighted by Gasteiger charge is 2.57. The summed E-state index contributed by atoms with van der Waals surface area (Å²) >= 11 is 1.61. The monoisotopic (exact) mass is 402 g/mol. The fraction of sp³-hybridized carbons (Fsp3) is 0.842. The van der Waals surface area contributed by atoms with Gasteiger partial charge in [-0.1, -0.05) is 26.2 Å². The van der Waals surface area contributed by atoms with Crippen LogP contribution in [0.4, 0.5) is 0 Å². The van der Waals surface area contributed by atoms with Gasteiger partial charge in [0.05, 0.1) is 12.6 Å². The van der Waals surface area contributed by atoms with Gasteiger partial charge in [0.2, 0.25) is 0 Å². The van der Waals surface area contributed by atoms with E-state index in [1.165, 1.54) is 18.2 Å². The number of aliphatic carboxylic acids is 1. The van der Waals surface area contributed by atoms with Crippen LogP contribution < -0.4 is 5.73 Å². The Kier molecular flexibility index (Phi) is 10.3. The van der Waals surface area contributed by atoms with E-state index in [2.05, 4.69) is 6.92 Å². The average Bonchev–Trinajstić information content (AvgIpc) is 3.06. The summed E-state index contributed by atoms with van der Waals surface area (Å²) in [5.41, 5.74) is 4.00. The average molecular weight is 403 g/mol. The van der Waals surface area contributed by atoms with Crippen molar-refractivity contribution in [3.05, 3.63) is 0 Å². The lowest BCUT2D eigenvalue weighted by Gasteiger charge is -2.38. The summed E-state index contributed by atoms with van der Waals surface area (Å²) in [7, 11) is 0. The van der Waals surface area contributed by atoms with Gasteiger partial charge in [0.25, 0.3) is 0 Å². The molecule has 1 fully saturated rings. The molecule has 0 spiro atoms. The molecule has 1 aliphatic rings. The van der Waals surface area contributed by atoms with Crippen molar-refractivity contribution in [2.75, 3.05) is 24.7 Å². The molecular weight excluding hydrogens is 368 g/mol. The summed E-state index contributed by atoms with van der Waals surface area (Å²) in [4.78, 5) is 39.0. The summed E-state index contributed by atoms with van der Waals surface area (Å²) in [6.07, 6.45) is 5.22. The second-order valence-corrected chi connectivity index (χ2v) is 8.17. The summed E-state index contributed by atoms with van der Waals surface area (Å²) in [5.74, 6) is -0.945. The van der Waals surface area contributed by atoms with Gasteiger partial charge in [0.15, 0.2) is 11.3 Å². The molecule has 1 aliphatic heterocycles. The number of hydrogen-bond acceptors (Lipinski definition) is 7. The fourth-order valence-corrected chi connectivity index (χ4v) is 4.70. The Morgan fingerprint density at radius 1 is 1.26 bits per heavy atom. The number of thioether (sulfide) groups is 1. The first-order valence-corrected chi connectivity index (χ1v) is 11.0. The van der Waals surface area contributed by atoms with Crippen molar-refractivity contribution in [1.29, 1.82) is 0 Å². The number of hydrogen-bond donors (Lipinski definition) is 2. The molecule has 1 heterocycles. The Morgan fingerprint density at radius 2 is 1.96 bits per heavy atom. The van der Waals surface area contributed by atoms with E-state index in [1.807, 2.05) is 0 Å². The van der Waals surface area contributed by atoms with E-state index in [9.17, 15) is 19.5 Å². The number of esters is 1. The third kappa shape index (κ3) is 5.93. The number of carbonyl (C=O) groups is 3. The predicted molar refractivity (Wildman–Crippen MR) is 107 cm³/mol. The van der Waals surface area contributed by atoms with Crippen LogP contribution in [0.3, 0.4) is 0 Å². The van der Waals surface area contributed by atoms with E-state index in [0.29, 0.717) is 18.7 Å². The third-order valence-corrected chi connectivity index (χ3v) is 6.08. The molecule has 3 N–H and O–H groups in total. The SMILES string of the molecule is CCCCCCSC[C@@H](C(=O)OCC)N1CCCC1(C(=O)O)C(=O)C(C)N. The number of carbonyl (C=O) groups excluding carboxylic acids is 2. The largest absolute Gasteiger partial charge is 0.480 e. The van der Waals surface area contributed by atoms with E-state index < -0.39 is 35.3 Å². The molecule has 0 aromatic carbocycles. The van der Waals surface area contributed by atoms with Crippen molar-refractivity contribution in [2.45, 2.75) is 76.9 Å². The molecule has 0 radical (unpaired) electrons. The van der Waals surface area contributed by atoms with Gasteiger partial charge in [-0.2, -0.15) is 11.8 Å². The van der Waals surface area contributed by atoms with Crippen molar-refractivity contribution in [3.8, 4) is 0 Å². The van der Waals surface area contributed by atoms with Crippen molar-refractivity contribution in [2.24, 2.45) is 5.73 Å². The molecule has 0 amide bonds. The summed E-state index contributed by atoms with van der Waals surface area (Å²) in [6, 6.07) is -1.67. The smallest absolute Gasteiger partial charge is 0.332 e. The van der Waals surface area contributed by atoms with Gasteiger partial charge >= 0.3 is 11.9 Å². The number of ketones is 1. The van der Waals surface area contributed by atoms with Crippen molar-refractivity contribution < 1.29 is 24.2 Å². The number of carboxylic acid groups (broad SMARTS) is 1. The van der Waals surface area contributed by atoms with Crippen LogP contribution in [0.2, 0.25) is 0 Å². The van der Waals surface area contributed by atoms with Gasteiger partial charge in [-0.05, 0) is 38.9 Å². The van der Waals surface area contributed by atoms with Gasteiger partial charge in [0, 0.05) is 12.3 Å². The topological polar surface area (TPSA) is 110 Å². The first-order valence-electron chi connectivity index (χ1n) is 9.87. The summed E-state index contributed by atoms with van der Waals surface area (Å²) < 4.78 is 5.20. The normalized spacial score (nSPS) is 22.4. The minimum Gasteiger partial charge on any atom is -0.480 e. The molecule has 0 aliphatic carbocycles. The first-order chi connectivity index (χ1) is 12.8. The maximum Gasteiger partial charge on any atom is 0.332 e. The van der Waals surface area contributed by atoms with Crippen molar-refractivity contribution in [1.82, 2.24) is 4.90 Å². The predicted octanol–water partition coefficient (Wildman–Crippen LogP) is 2.07. The molecular formula is C19H34N2O5S. The molecule has 0 aromatic rings. The van der Waals surface area contributed by atoms with Crippen LogP contribution in [0, 0.1) is 0 Å². The Morgan fingerprint density at radius 3 is 2.52 bits per heavy atom. The zero-order chi connectivity index (χ0) is 20.4. The number of rotatable bonds is 13. The lowest BCUT2D eigenvalue weighted by atomic mass is 9.86. The molecule has 27 heavy (non-hydrogen) atoms. The highest BCUT2D eigenvalue weighted by atomic mass is 32.2. The van der Waals surface area contributed by atoms with Crippen LogP contribution >= 0.6 is 11.8 Å². The molecule has 1 saturated heterocycles. The molecule has 0 aromatic heterocycles. The Hall–Kier alpha value is -1.12. The fourth-order valence-electron chi connectivity index (χ4n) is 3.59. The third-order valence-electron chi connectivity index (χ3n) is 4.96. The number of nitrogens with two attached hydrogens (primary N) is 1. The Labute approximate surface area is 166 Å². The molecule has 0 saturated carbocycles.